The van der Waals surface area contributed by atoms with Crippen LogP contribution in [0.2, 0.25) is 0 Å². The van der Waals surface area contributed by atoms with Gasteiger partial charge in [-0.25, -0.2) is 4.68 Å². The van der Waals surface area contributed by atoms with Gasteiger partial charge in [-0.3, -0.25) is 9.18 Å². The molecule has 0 aliphatic rings. The molecule has 0 unspecified atom stereocenters. The van der Waals surface area contributed by atoms with Crippen LogP contribution in [0.5, 0.6) is 0 Å². The van der Waals surface area contributed by atoms with Crippen molar-refractivity contribution in [2.24, 2.45) is 0 Å². The van der Waals surface area contributed by atoms with E-state index in [-0.39, 0.29) is 19.0 Å². The Kier molecular flexibility index (Phi) is 4.22. The number of hydrogen-bond acceptors (Lipinski definition) is 3. The molecule has 0 aromatic carbocycles. The second-order valence-electron chi connectivity index (χ2n) is 3.09. The fraction of sp³-hybridized carbons (Fsp3) is 0.667. The van der Waals surface area contributed by atoms with Crippen molar-refractivity contribution >= 4 is 5.78 Å². The van der Waals surface area contributed by atoms with E-state index in [2.05, 4.69) is 10.3 Å². The number of hydrogen-bond donors (Lipinski definition) is 0. The van der Waals surface area contributed by atoms with Crippen molar-refractivity contribution in [3.8, 4) is 0 Å². The summed E-state index contributed by atoms with van der Waals surface area (Å²) in [6.45, 7) is 1.73. The molecule has 1 aromatic rings. The zero-order valence-electron chi connectivity index (χ0n) is 8.24. The number of Topliss-reactive ketones (excluding diaryl/α,β-unsaturated/α-hetero) is 1. The maximum Gasteiger partial charge on any atom is 0.154 e. The van der Waals surface area contributed by atoms with Gasteiger partial charge in [0.1, 0.15) is 6.54 Å². The van der Waals surface area contributed by atoms with Crippen LogP contribution in [0.1, 0.15) is 25.5 Å². The molecule has 0 spiro atoms. The Labute approximate surface area is 82.1 Å². The first kappa shape index (κ1) is 10.8. The fourth-order valence-corrected chi connectivity index (χ4v) is 1.07. The molecule has 0 N–H and O–H groups in total. The number of rotatable bonds is 6. The monoisotopic (exact) mass is 199 g/mol. The Morgan fingerprint density at radius 3 is 3.07 bits per heavy atom. The van der Waals surface area contributed by atoms with Gasteiger partial charge in [0.05, 0.1) is 12.4 Å². The number of carbonyl (C=O) groups excluding carboxylic acids is 1. The van der Waals surface area contributed by atoms with Crippen LogP contribution in [-0.2, 0) is 17.8 Å². The molecule has 0 radical (unpaired) electrons. The molecular formula is C9H14FN3O. The predicted octanol–water partition coefficient (Wildman–Crippen LogP) is 1.16. The third-order valence-corrected chi connectivity index (χ3v) is 1.89. The smallest absolute Gasteiger partial charge is 0.154 e. The first-order valence-electron chi connectivity index (χ1n) is 4.73. The van der Waals surface area contributed by atoms with E-state index in [1.54, 1.807) is 6.20 Å². The van der Waals surface area contributed by atoms with Gasteiger partial charge in [-0.2, -0.15) is 0 Å². The summed E-state index contributed by atoms with van der Waals surface area (Å²) in [6.07, 6.45) is 3.24. The molecular weight excluding hydrogens is 185 g/mol. The van der Waals surface area contributed by atoms with Gasteiger partial charge in [-0.05, 0) is 12.8 Å². The lowest BCUT2D eigenvalue weighted by atomic mass is 10.3. The molecule has 78 valence electrons. The minimum absolute atomic E-state index is 0.118. The zero-order valence-corrected chi connectivity index (χ0v) is 8.24. The Hall–Kier alpha value is -1.26. The minimum Gasteiger partial charge on any atom is -0.298 e. The van der Waals surface area contributed by atoms with E-state index in [4.69, 9.17) is 0 Å². The van der Waals surface area contributed by atoms with Gasteiger partial charge in [0, 0.05) is 12.6 Å². The van der Waals surface area contributed by atoms with Crippen LogP contribution in [-0.4, -0.2) is 27.5 Å². The van der Waals surface area contributed by atoms with Crippen LogP contribution in [0.3, 0.4) is 0 Å². The lowest BCUT2D eigenvalue weighted by Gasteiger charge is -1.95. The van der Waals surface area contributed by atoms with Crippen molar-refractivity contribution in [3.05, 3.63) is 11.9 Å². The van der Waals surface area contributed by atoms with Crippen LogP contribution < -0.4 is 0 Å². The maximum absolute atomic E-state index is 11.8. The number of aryl methyl sites for hydroxylation is 1. The third-order valence-electron chi connectivity index (χ3n) is 1.89. The molecule has 1 heterocycles. The van der Waals surface area contributed by atoms with E-state index in [1.807, 2.05) is 6.92 Å². The van der Waals surface area contributed by atoms with E-state index in [0.717, 1.165) is 5.69 Å². The molecule has 0 amide bonds. The number of carbonyl (C=O) groups is 1. The van der Waals surface area contributed by atoms with Crippen molar-refractivity contribution < 1.29 is 9.18 Å². The van der Waals surface area contributed by atoms with E-state index >= 15 is 0 Å². The van der Waals surface area contributed by atoms with E-state index < -0.39 is 0 Å². The Morgan fingerprint density at radius 1 is 1.64 bits per heavy atom. The SMILES string of the molecule is CCC(=O)Cn1cc(CCCF)nn1. The first-order valence-corrected chi connectivity index (χ1v) is 4.73. The highest BCUT2D eigenvalue weighted by molar-refractivity contribution is 5.77. The quantitative estimate of drug-likeness (QED) is 0.690. The fourth-order valence-electron chi connectivity index (χ4n) is 1.07. The van der Waals surface area contributed by atoms with Crippen LogP contribution in [0.25, 0.3) is 0 Å². The van der Waals surface area contributed by atoms with Crippen molar-refractivity contribution in [1.82, 2.24) is 15.0 Å². The van der Waals surface area contributed by atoms with Crippen LogP contribution in [0.15, 0.2) is 6.20 Å². The molecule has 1 aromatic heterocycles. The molecule has 4 nitrogen and oxygen atoms in total. The van der Waals surface area contributed by atoms with Gasteiger partial charge in [0.15, 0.2) is 5.78 Å². The molecule has 0 bridgehead atoms. The summed E-state index contributed by atoms with van der Waals surface area (Å²) in [5.41, 5.74) is 0.742. The summed E-state index contributed by atoms with van der Waals surface area (Å²) in [4.78, 5) is 11.1. The lowest BCUT2D eigenvalue weighted by molar-refractivity contribution is -0.119. The molecule has 0 saturated carbocycles. The number of alkyl halides is 1. The van der Waals surface area contributed by atoms with Crippen LogP contribution >= 0.6 is 0 Å². The average Bonchev–Trinajstić information content (AvgIpc) is 2.62. The summed E-state index contributed by atoms with van der Waals surface area (Å²) in [5.74, 6) is 0.118. The van der Waals surface area contributed by atoms with E-state index in [1.165, 1.54) is 4.68 Å². The van der Waals surface area contributed by atoms with Gasteiger partial charge in [0.2, 0.25) is 0 Å². The van der Waals surface area contributed by atoms with E-state index in [9.17, 15) is 9.18 Å². The standard InChI is InChI=1S/C9H14FN3O/c1-2-9(14)7-13-6-8(11-12-13)4-3-5-10/h6H,2-5,7H2,1H3. The topological polar surface area (TPSA) is 47.8 Å². The maximum atomic E-state index is 11.8. The van der Waals surface area contributed by atoms with Crippen molar-refractivity contribution in [2.75, 3.05) is 6.67 Å². The molecule has 5 heteroatoms. The van der Waals surface area contributed by atoms with Gasteiger partial charge in [-0.15, -0.1) is 5.10 Å². The highest BCUT2D eigenvalue weighted by Crippen LogP contribution is 1.99. The van der Waals surface area contributed by atoms with Gasteiger partial charge in [-0.1, -0.05) is 12.1 Å². The largest absolute Gasteiger partial charge is 0.298 e. The average molecular weight is 199 g/mol. The van der Waals surface area contributed by atoms with Gasteiger partial charge < -0.3 is 0 Å². The highest BCUT2D eigenvalue weighted by atomic mass is 19.1. The summed E-state index contributed by atoms with van der Waals surface area (Å²) < 4.78 is 13.3. The first-order chi connectivity index (χ1) is 6.76. The minimum atomic E-state index is -0.346. The zero-order chi connectivity index (χ0) is 10.4. The van der Waals surface area contributed by atoms with Crippen molar-refractivity contribution in [3.63, 3.8) is 0 Å². The normalized spacial score (nSPS) is 10.4. The molecule has 0 fully saturated rings. The summed E-state index contributed by atoms with van der Waals surface area (Å²) in [7, 11) is 0. The molecule has 0 aliphatic carbocycles. The van der Waals surface area contributed by atoms with Gasteiger partial charge in [0.25, 0.3) is 0 Å². The molecule has 14 heavy (non-hydrogen) atoms. The summed E-state index contributed by atoms with van der Waals surface area (Å²) >= 11 is 0. The van der Waals surface area contributed by atoms with Crippen molar-refractivity contribution in [2.45, 2.75) is 32.7 Å². The second kappa shape index (κ2) is 5.47. The van der Waals surface area contributed by atoms with E-state index in [0.29, 0.717) is 19.3 Å². The lowest BCUT2D eigenvalue weighted by Crippen LogP contribution is -2.09. The predicted molar refractivity (Wildman–Crippen MR) is 49.6 cm³/mol. The Morgan fingerprint density at radius 2 is 2.43 bits per heavy atom. The molecule has 0 saturated heterocycles. The Bertz CT molecular complexity index is 298. The molecule has 0 atom stereocenters. The number of nitrogens with zero attached hydrogens (tertiary/aromatic N) is 3. The second-order valence-corrected chi connectivity index (χ2v) is 3.09. The van der Waals surface area contributed by atoms with Crippen LogP contribution in [0, 0.1) is 0 Å². The number of ketones is 1. The Balaban J connectivity index is 2.46. The highest BCUT2D eigenvalue weighted by Gasteiger charge is 2.03. The van der Waals surface area contributed by atoms with Crippen molar-refractivity contribution in [1.29, 1.82) is 0 Å². The third kappa shape index (κ3) is 3.24. The molecule has 0 aliphatic heterocycles. The van der Waals surface area contributed by atoms with Gasteiger partial charge >= 0.3 is 0 Å². The number of halogens is 1. The summed E-state index contributed by atoms with van der Waals surface area (Å²) in [5, 5.41) is 7.62. The summed E-state index contributed by atoms with van der Waals surface area (Å²) in [6, 6.07) is 0. The van der Waals surface area contributed by atoms with Crippen LogP contribution in [0.4, 0.5) is 4.39 Å². The molecule has 1 rings (SSSR count). The number of aromatic nitrogens is 3.